The molecule has 0 unspecified atom stereocenters. The SMILES string of the molecule is NCc1ccc(Nc2cccc(Br)c2)c(F)c1. The third kappa shape index (κ3) is 3.05. The van der Waals surface area contributed by atoms with Gasteiger partial charge in [0.25, 0.3) is 0 Å². The molecule has 0 spiro atoms. The highest BCUT2D eigenvalue weighted by molar-refractivity contribution is 9.10. The van der Waals surface area contributed by atoms with E-state index >= 15 is 0 Å². The van der Waals surface area contributed by atoms with Crippen LogP contribution in [0.5, 0.6) is 0 Å². The predicted molar refractivity (Wildman–Crippen MR) is 71.7 cm³/mol. The Hall–Kier alpha value is -1.39. The molecule has 0 saturated heterocycles. The Morgan fingerprint density at radius 3 is 2.65 bits per heavy atom. The van der Waals surface area contributed by atoms with E-state index in [1.54, 1.807) is 6.07 Å². The molecule has 0 fully saturated rings. The van der Waals surface area contributed by atoms with Crippen LogP contribution in [0.1, 0.15) is 5.56 Å². The van der Waals surface area contributed by atoms with Crippen LogP contribution in [-0.4, -0.2) is 0 Å². The van der Waals surface area contributed by atoms with Crippen molar-refractivity contribution in [2.75, 3.05) is 5.32 Å². The van der Waals surface area contributed by atoms with E-state index in [4.69, 9.17) is 5.73 Å². The van der Waals surface area contributed by atoms with Gasteiger partial charge in [-0.1, -0.05) is 28.1 Å². The minimum Gasteiger partial charge on any atom is -0.353 e. The van der Waals surface area contributed by atoms with E-state index in [1.807, 2.05) is 30.3 Å². The molecular weight excluding hydrogens is 283 g/mol. The standard InChI is InChI=1S/C13H12BrFN2/c14-10-2-1-3-11(7-10)17-13-5-4-9(8-16)6-12(13)15/h1-7,17H,8,16H2. The van der Waals surface area contributed by atoms with Crippen LogP contribution < -0.4 is 11.1 Å². The van der Waals surface area contributed by atoms with Gasteiger partial charge in [0, 0.05) is 16.7 Å². The Balaban J connectivity index is 2.24. The van der Waals surface area contributed by atoms with E-state index < -0.39 is 0 Å². The van der Waals surface area contributed by atoms with Crippen LogP contribution in [0.25, 0.3) is 0 Å². The van der Waals surface area contributed by atoms with Crippen LogP contribution in [0.4, 0.5) is 15.8 Å². The summed E-state index contributed by atoms with van der Waals surface area (Å²) in [6, 6.07) is 12.5. The summed E-state index contributed by atoms with van der Waals surface area (Å²) >= 11 is 3.37. The normalized spacial score (nSPS) is 10.3. The molecule has 0 aliphatic rings. The fraction of sp³-hybridized carbons (Fsp3) is 0.0769. The Bertz CT molecular complexity index is 529. The third-order valence-corrected chi connectivity index (χ3v) is 2.87. The second-order valence-electron chi connectivity index (χ2n) is 3.65. The first kappa shape index (κ1) is 12.1. The van der Waals surface area contributed by atoms with Crippen LogP contribution in [0.15, 0.2) is 46.9 Å². The number of rotatable bonds is 3. The summed E-state index contributed by atoms with van der Waals surface area (Å²) in [5.74, 6) is -0.298. The molecule has 2 nitrogen and oxygen atoms in total. The van der Waals surface area contributed by atoms with Crippen LogP contribution in [0, 0.1) is 5.82 Å². The lowest BCUT2D eigenvalue weighted by Crippen LogP contribution is -1.99. The number of benzene rings is 2. The zero-order chi connectivity index (χ0) is 12.3. The summed E-state index contributed by atoms with van der Waals surface area (Å²) in [7, 11) is 0. The van der Waals surface area contributed by atoms with Crippen molar-refractivity contribution in [2.24, 2.45) is 5.73 Å². The van der Waals surface area contributed by atoms with Crippen molar-refractivity contribution in [3.63, 3.8) is 0 Å². The second kappa shape index (κ2) is 5.29. The zero-order valence-corrected chi connectivity index (χ0v) is 10.7. The minimum absolute atomic E-state index is 0.298. The molecule has 0 aliphatic carbocycles. The highest BCUT2D eigenvalue weighted by Gasteiger charge is 2.03. The van der Waals surface area contributed by atoms with Gasteiger partial charge in [-0.15, -0.1) is 0 Å². The number of hydrogen-bond donors (Lipinski definition) is 2. The predicted octanol–water partition coefficient (Wildman–Crippen LogP) is 3.79. The van der Waals surface area contributed by atoms with Gasteiger partial charge in [0.2, 0.25) is 0 Å². The second-order valence-corrected chi connectivity index (χ2v) is 4.57. The highest BCUT2D eigenvalue weighted by Crippen LogP contribution is 2.23. The summed E-state index contributed by atoms with van der Waals surface area (Å²) < 4.78 is 14.6. The molecule has 0 heterocycles. The molecule has 0 aliphatic heterocycles. The van der Waals surface area contributed by atoms with Crippen molar-refractivity contribution in [1.82, 2.24) is 0 Å². The smallest absolute Gasteiger partial charge is 0.146 e. The summed E-state index contributed by atoms with van der Waals surface area (Å²) in [5, 5.41) is 3.02. The van der Waals surface area contributed by atoms with Gasteiger partial charge in [-0.2, -0.15) is 0 Å². The Kier molecular flexibility index (Phi) is 3.76. The van der Waals surface area contributed by atoms with Gasteiger partial charge in [0.05, 0.1) is 5.69 Å². The maximum Gasteiger partial charge on any atom is 0.146 e. The Morgan fingerprint density at radius 1 is 1.18 bits per heavy atom. The molecule has 2 aromatic carbocycles. The van der Waals surface area contributed by atoms with Crippen molar-refractivity contribution >= 4 is 27.3 Å². The molecule has 0 saturated carbocycles. The molecule has 2 rings (SSSR count). The van der Waals surface area contributed by atoms with Gasteiger partial charge in [-0.25, -0.2) is 4.39 Å². The molecule has 2 aromatic rings. The monoisotopic (exact) mass is 294 g/mol. The lowest BCUT2D eigenvalue weighted by molar-refractivity contribution is 0.629. The fourth-order valence-corrected chi connectivity index (χ4v) is 1.91. The molecule has 0 bridgehead atoms. The maximum absolute atomic E-state index is 13.7. The molecule has 3 N–H and O–H groups in total. The van der Waals surface area contributed by atoms with E-state index in [1.165, 1.54) is 6.07 Å². The van der Waals surface area contributed by atoms with Crippen LogP contribution in [0.3, 0.4) is 0 Å². The zero-order valence-electron chi connectivity index (χ0n) is 9.08. The Labute approximate surface area is 108 Å². The van der Waals surface area contributed by atoms with Gasteiger partial charge in [-0.3, -0.25) is 0 Å². The first-order valence-electron chi connectivity index (χ1n) is 5.20. The minimum atomic E-state index is -0.298. The highest BCUT2D eigenvalue weighted by atomic mass is 79.9. The average Bonchev–Trinajstić information content (AvgIpc) is 2.32. The van der Waals surface area contributed by atoms with E-state index in [0.717, 1.165) is 15.7 Å². The summed E-state index contributed by atoms with van der Waals surface area (Å²) in [5.41, 5.74) is 7.50. The lowest BCUT2D eigenvalue weighted by Gasteiger charge is -2.09. The van der Waals surface area contributed by atoms with Crippen molar-refractivity contribution in [3.8, 4) is 0 Å². The van der Waals surface area contributed by atoms with Gasteiger partial charge in [0.1, 0.15) is 5.82 Å². The molecule has 88 valence electrons. The van der Waals surface area contributed by atoms with Crippen LogP contribution in [0.2, 0.25) is 0 Å². The quantitative estimate of drug-likeness (QED) is 0.904. The van der Waals surface area contributed by atoms with Crippen molar-refractivity contribution in [1.29, 1.82) is 0 Å². The molecule has 0 radical (unpaired) electrons. The molecular formula is C13H12BrFN2. The lowest BCUT2D eigenvalue weighted by atomic mass is 10.2. The molecule has 0 aromatic heterocycles. The number of nitrogens with one attached hydrogen (secondary N) is 1. The van der Waals surface area contributed by atoms with Gasteiger partial charge >= 0.3 is 0 Å². The number of hydrogen-bond acceptors (Lipinski definition) is 2. The summed E-state index contributed by atoms with van der Waals surface area (Å²) in [4.78, 5) is 0. The van der Waals surface area contributed by atoms with Crippen LogP contribution in [-0.2, 0) is 6.54 Å². The maximum atomic E-state index is 13.7. The van der Waals surface area contributed by atoms with Gasteiger partial charge in [0.15, 0.2) is 0 Å². The topological polar surface area (TPSA) is 38.0 Å². The molecule has 4 heteroatoms. The van der Waals surface area contributed by atoms with E-state index in [-0.39, 0.29) is 5.82 Å². The number of anilines is 2. The number of halogens is 2. The number of nitrogens with two attached hydrogens (primary N) is 1. The summed E-state index contributed by atoms with van der Waals surface area (Å²) in [6.07, 6.45) is 0. The molecule has 0 amide bonds. The van der Waals surface area contributed by atoms with Crippen LogP contribution >= 0.6 is 15.9 Å². The van der Waals surface area contributed by atoms with E-state index in [2.05, 4.69) is 21.2 Å². The average molecular weight is 295 g/mol. The third-order valence-electron chi connectivity index (χ3n) is 2.37. The summed E-state index contributed by atoms with van der Waals surface area (Å²) in [6.45, 7) is 0.341. The van der Waals surface area contributed by atoms with E-state index in [0.29, 0.717) is 12.2 Å². The first-order valence-corrected chi connectivity index (χ1v) is 5.99. The molecule has 0 atom stereocenters. The first-order chi connectivity index (χ1) is 8.19. The van der Waals surface area contributed by atoms with Crippen molar-refractivity contribution < 1.29 is 4.39 Å². The van der Waals surface area contributed by atoms with Crippen molar-refractivity contribution in [3.05, 3.63) is 58.3 Å². The van der Waals surface area contributed by atoms with Gasteiger partial charge in [-0.05, 0) is 35.9 Å². The van der Waals surface area contributed by atoms with Crippen molar-refractivity contribution in [2.45, 2.75) is 6.54 Å². The molecule has 17 heavy (non-hydrogen) atoms. The fourth-order valence-electron chi connectivity index (χ4n) is 1.51. The Morgan fingerprint density at radius 2 is 2.00 bits per heavy atom. The van der Waals surface area contributed by atoms with Gasteiger partial charge < -0.3 is 11.1 Å². The largest absolute Gasteiger partial charge is 0.353 e. The van der Waals surface area contributed by atoms with E-state index in [9.17, 15) is 4.39 Å².